The third kappa shape index (κ3) is 4.14. The normalized spacial score (nSPS) is 23.0. The van der Waals surface area contributed by atoms with E-state index in [1.807, 2.05) is 18.2 Å². The first-order valence-electron chi connectivity index (χ1n) is 8.17. The molecule has 0 bridgehead atoms. The highest BCUT2D eigenvalue weighted by Gasteiger charge is 2.36. The molecule has 4 N–H and O–H groups in total. The lowest BCUT2D eigenvalue weighted by atomic mass is 9.72. The lowest BCUT2D eigenvalue weighted by molar-refractivity contribution is -0.139. The van der Waals surface area contributed by atoms with E-state index in [-0.39, 0.29) is 18.7 Å². The molecule has 1 aromatic rings. The summed E-state index contributed by atoms with van der Waals surface area (Å²) in [4.78, 5) is 22.9. The minimum absolute atomic E-state index is 0.138. The van der Waals surface area contributed by atoms with Crippen LogP contribution in [0.25, 0.3) is 0 Å². The van der Waals surface area contributed by atoms with E-state index in [9.17, 15) is 14.6 Å². The van der Waals surface area contributed by atoms with Crippen molar-refractivity contribution >= 4 is 19.0 Å². The van der Waals surface area contributed by atoms with Gasteiger partial charge in [0.05, 0.1) is 24.9 Å². The molecule has 0 spiro atoms. The molecule has 1 amide bonds. The van der Waals surface area contributed by atoms with E-state index < -0.39 is 25.1 Å². The molecule has 0 aromatic heterocycles. The summed E-state index contributed by atoms with van der Waals surface area (Å²) in [7, 11) is -1.17. The van der Waals surface area contributed by atoms with Gasteiger partial charge in [-0.3, -0.25) is 9.59 Å². The molecule has 2 heterocycles. The Morgan fingerprint density at radius 1 is 1.29 bits per heavy atom. The van der Waals surface area contributed by atoms with Gasteiger partial charge in [0.25, 0.3) is 0 Å². The number of benzene rings is 1. The molecule has 0 unspecified atom stereocenters. The lowest BCUT2D eigenvalue weighted by Crippen LogP contribution is -2.53. The van der Waals surface area contributed by atoms with E-state index in [0.717, 1.165) is 18.7 Å². The molecule has 128 valence electrons. The molecular formula is C16H21BN2O5. The molecule has 1 fully saturated rings. The molecule has 1 aromatic carbocycles. The van der Waals surface area contributed by atoms with Crippen LogP contribution in [0.2, 0.25) is 0 Å². The average molecular weight is 332 g/mol. The van der Waals surface area contributed by atoms with Crippen LogP contribution in [0.4, 0.5) is 0 Å². The van der Waals surface area contributed by atoms with Gasteiger partial charge in [0.15, 0.2) is 0 Å². The zero-order valence-electron chi connectivity index (χ0n) is 13.3. The van der Waals surface area contributed by atoms with Crippen molar-refractivity contribution in [1.29, 1.82) is 0 Å². The van der Waals surface area contributed by atoms with Crippen LogP contribution in [0.15, 0.2) is 18.2 Å². The second-order valence-corrected chi connectivity index (χ2v) is 6.38. The van der Waals surface area contributed by atoms with Gasteiger partial charge in [-0.15, -0.1) is 0 Å². The van der Waals surface area contributed by atoms with Crippen LogP contribution in [-0.4, -0.2) is 41.2 Å². The van der Waals surface area contributed by atoms with Gasteiger partial charge in [0, 0.05) is 13.1 Å². The Kier molecular flexibility index (Phi) is 5.18. The maximum Gasteiger partial charge on any atom is 0.478 e. The fraction of sp³-hybridized carbons (Fsp3) is 0.500. The number of aliphatic carboxylic acids is 1. The Morgan fingerprint density at radius 3 is 2.83 bits per heavy atom. The van der Waals surface area contributed by atoms with E-state index in [2.05, 4.69) is 10.6 Å². The van der Waals surface area contributed by atoms with Crippen molar-refractivity contribution in [3.63, 3.8) is 0 Å². The molecule has 24 heavy (non-hydrogen) atoms. The van der Waals surface area contributed by atoms with Gasteiger partial charge in [-0.1, -0.05) is 18.2 Å². The molecule has 7 nitrogen and oxygen atoms in total. The number of hydrogen-bond acceptors (Lipinski definition) is 5. The summed E-state index contributed by atoms with van der Waals surface area (Å²) in [5, 5.41) is 24.8. The summed E-state index contributed by atoms with van der Waals surface area (Å²) >= 11 is 0. The number of carbonyl (C=O) groups is 2. The van der Waals surface area contributed by atoms with Gasteiger partial charge in [-0.25, -0.2) is 0 Å². The predicted octanol–water partition coefficient (Wildman–Crippen LogP) is -0.00950. The maximum absolute atomic E-state index is 12.2. The number of fused-ring (bicyclic) bond motifs is 1. The van der Waals surface area contributed by atoms with E-state index in [4.69, 9.17) is 9.76 Å². The van der Waals surface area contributed by atoms with Crippen molar-refractivity contribution in [2.24, 2.45) is 0 Å². The highest BCUT2D eigenvalue weighted by molar-refractivity contribution is 6.45. The Hall–Kier alpha value is -1.90. The quantitative estimate of drug-likeness (QED) is 0.565. The maximum atomic E-state index is 12.2. The number of amides is 1. The molecular weight excluding hydrogens is 311 g/mol. The molecule has 0 saturated carbocycles. The largest absolute Gasteiger partial charge is 0.481 e. The van der Waals surface area contributed by atoms with Gasteiger partial charge in [0.1, 0.15) is 0 Å². The summed E-state index contributed by atoms with van der Waals surface area (Å²) in [6.45, 7) is 1.69. The van der Waals surface area contributed by atoms with E-state index in [0.29, 0.717) is 12.8 Å². The third-order valence-electron chi connectivity index (χ3n) is 4.49. The van der Waals surface area contributed by atoms with Crippen LogP contribution < -0.4 is 10.6 Å². The second kappa shape index (κ2) is 7.33. The predicted molar refractivity (Wildman–Crippen MR) is 87.0 cm³/mol. The Balaban J connectivity index is 1.51. The van der Waals surface area contributed by atoms with E-state index >= 15 is 0 Å². The van der Waals surface area contributed by atoms with Crippen molar-refractivity contribution in [2.45, 2.75) is 50.8 Å². The summed E-state index contributed by atoms with van der Waals surface area (Å²) in [5.41, 5.74) is 3.42. The summed E-state index contributed by atoms with van der Waals surface area (Å²) < 4.78 is 5.27. The average Bonchev–Trinajstić information content (AvgIpc) is 2.97. The van der Waals surface area contributed by atoms with Crippen LogP contribution in [0.1, 0.15) is 36.0 Å². The SMILES string of the molecule is O=C(O)C[C@@H]1CC[C@H](NC(=O)Cc2ccc3c(c2)CNC3)B(O)O1. The first-order valence-corrected chi connectivity index (χ1v) is 8.17. The summed E-state index contributed by atoms with van der Waals surface area (Å²) in [5.74, 6) is -1.63. The number of hydrogen-bond donors (Lipinski definition) is 4. The Labute approximate surface area is 140 Å². The van der Waals surface area contributed by atoms with E-state index in [1.165, 1.54) is 11.1 Å². The molecule has 1 saturated heterocycles. The lowest BCUT2D eigenvalue weighted by Gasteiger charge is -2.30. The topological polar surface area (TPSA) is 108 Å². The van der Waals surface area contributed by atoms with Crippen molar-refractivity contribution < 1.29 is 24.4 Å². The van der Waals surface area contributed by atoms with Gasteiger partial charge in [0.2, 0.25) is 5.91 Å². The zero-order chi connectivity index (χ0) is 17.1. The minimum atomic E-state index is -1.17. The molecule has 2 atom stereocenters. The summed E-state index contributed by atoms with van der Waals surface area (Å²) in [6.07, 6.45) is 0.600. The van der Waals surface area contributed by atoms with Gasteiger partial charge in [-0.05, 0) is 29.5 Å². The Bertz CT molecular complexity index is 639. The van der Waals surface area contributed by atoms with Crippen LogP contribution in [0.3, 0.4) is 0 Å². The third-order valence-corrected chi connectivity index (χ3v) is 4.49. The summed E-state index contributed by atoms with van der Waals surface area (Å²) in [6, 6.07) is 6.01. The number of carboxylic acids is 1. The smallest absolute Gasteiger partial charge is 0.478 e. The van der Waals surface area contributed by atoms with Crippen LogP contribution in [-0.2, 0) is 33.8 Å². The molecule has 2 aliphatic heterocycles. The monoisotopic (exact) mass is 332 g/mol. The molecule has 0 aliphatic carbocycles. The molecule has 2 aliphatic rings. The Morgan fingerprint density at radius 2 is 2.08 bits per heavy atom. The van der Waals surface area contributed by atoms with Crippen LogP contribution >= 0.6 is 0 Å². The van der Waals surface area contributed by atoms with Crippen molar-refractivity contribution in [1.82, 2.24) is 10.6 Å². The van der Waals surface area contributed by atoms with Gasteiger partial charge < -0.3 is 25.4 Å². The fourth-order valence-electron chi connectivity index (χ4n) is 3.26. The zero-order valence-corrected chi connectivity index (χ0v) is 13.3. The number of carboxylic acid groups (broad SMARTS) is 1. The van der Waals surface area contributed by atoms with E-state index in [1.54, 1.807) is 0 Å². The highest BCUT2D eigenvalue weighted by atomic mass is 16.5. The highest BCUT2D eigenvalue weighted by Crippen LogP contribution is 2.20. The molecule has 8 heteroatoms. The van der Waals surface area contributed by atoms with Crippen LogP contribution in [0, 0.1) is 0 Å². The first-order chi connectivity index (χ1) is 11.5. The van der Waals surface area contributed by atoms with Crippen LogP contribution in [0.5, 0.6) is 0 Å². The molecule has 0 radical (unpaired) electrons. The second-order valence-electron chi connectivity index (χ2n) is 6.38. The van der Waals surface area contributed by atoms with Crippen molar-refractivity contribution in [2.75, 3.05) is 0 Å². The van der Waals surface area contributed by atoms with Crippen molar-refractivity contribution in [3.8, 4) is 0 Å². The number of rotatable bonds is 5. The fourth-order valence-corrected chi connectivity index (χ4v) is 3.26. The number of nitrogens with one attached hydrogen (secondary N) is 2. The molecule has 3 rings (SSSR count). The minimum Gasteiger partial charge on any atom is -0.481 e. The number of carbonyl (C=O) groups excluding carboxylic acids is 1. The van der Waals surface area contributed by atoms with Crippen molar-refractivity contribution in [3.05, 3.63) is 34.9 Å². The van der Waals surface area contributed by atoms with Gasteiger partial charge in [-0.2, -0.15) is 0 Å². The van der Waals surface area contributed by atoms with Gasteiger partial charge >= 0.3 is 13.1 Å². The standard InChI is InChI=1S/C16H21BN2O5/c20-15(6-10-1-2-11-8-18-9-12(11)5-10)19-14-4-3-13(7-16(21)22)24-17(14)23/h1-2,5,13-14,18,23H,3-4,6-9H2,(H,19,20)(H,21,22)/t13-,14-/m0/s1. The first kappa shape index (κ1) is 16.9.